The highest BCUT2D eigenvalue weighted by atomic mass is 16.2. The van der Waals surface area contributed by atoms with E-state index >= 15 is 0 Å². The van der Waals surface area contributed by atoms with Crippen LogP contribution in [0.3, 0.4) is 0 Å². The molecule has 1 aliphatic rings. The van der Waals surface area contributed by atoms with Gasteiger partial charge in [0.15, 0.2) is 0 Å². The molecule has 7 nitrogen and oxygen atoms in total. The van der Waals surface area contributed by atoms with Crippen LogP contribution < -0.4 is 10.2 Å². The van der Waals surface area contributed by atoms with Gasteiger partial charge in [0, 0.05) is 49.5 Å². The van der Waals surface area contributed by atoms with Gasteiger partial charge in [-0.2, -0.15) is 5.26 Å². The third kappa shape index (κ3) is 4.53. The minimum Gasteiger partial charge on any atom is -0.353 e. The standard InChI is InChI=1S/C20H24N6O/c1-14(2)19-22-15(3)12-18(24-19)25-8-10-26(11-9-25)20(27)23-17-6-4-16(13-21)5-7-17/h4-7,12,14H,8-11H2,1-3H3,(H,23,27). The summed E-state index contributed by atoms with van der Waals surface area (Å²) in [4.78, 5) is 25.6. The number of amides is 2. The second-order valence-electron chi connectivity index (χ2n) is 6.97. The number of carbonyl (C=O) groups is 1. The van der Waals surface area contributed by atoms with Crippen molar-refractivity contribution < 1.29 is 4.79 Å². The van der Waals surface area contributed by atoms with E-state index in [0.29, 0.717) is 24.3 Å². The molecule has 0 bridgehead atoms. The number of urea groups is 1. The number of anilines is 2. The first-order valence-electron chi connectivity index (χ1n) is 9.13. The zero-order valence-electron chi connectivity index (χ0n) is 15.9. The van der Waals surface area contributed by atoms with Crippen molar-refractivity contribution in [1.29, 1.82) is 5.26 Å². The SMILES string of the molecule is Cc1cc(N2CCN(C(=O)Nc3ccc(C#N)cc3)CC2)nc(C(C)C)n1. The number of nitrogens with one attached hydrogen (secondary N) is 1. The van der Waals surface area contributed by atoms with Crippen LogP contribution in [0, 0.1) is 18.3 Å². The lowest BCUT2D eigenvalue weighted by molar-refractivity contribution is 0.208. The van der Waals surface area contributed by atoms with Gasteiger partial charge in [0.2, 0.25) is 0 Å². The predicted octanol–water partition coefficient (Wildman–Crippen LogP) is 3.13. The first-order chi connectivity index (χ1) is 13.0. The number of hydrogen-bond donors (Lipinski definition) is 1. The van der Waals surface area contributed by atoms with Crippen LogP contribution in [0.2, 0.25) is 0 Å². The summed E-state index contributed by atoms with van der Waals surface area (Å²) in [6.07, 6.45) is 0. The Balaban J connectivity index is 1.60. The zero-order valence-corrected chi connectivity index (χ0v) is 15.9. The van der Waals surface area contributed by atoms with Crippen LogP contribution >= 0.6 is 0 Å². The molecule has 1 aliphatic heterocycles. The van der Waals surface area contributed by atoms with Gasteiger partial charge in [-0.3, -0.25) is 0 Å². The molecule has 1 N–H and O–H groups in total. The summed E-state index contributed by atoms with van der Waals surface area (Å²) in [7, 11) is 0. The largest absolute Gasteiger partial charge is 0.353 e. The summed E-state index contributed by atoms with van der Waals surface area (Å²) < 4.78 is 0. The summed E-state index contributed by atoms with van der Waals surface area (Å²) >= 11 is 0. The summed E-state index contributed by atoms with van der Waals surface area (Å²) in [6.45, 7) is 8.88. The van der Waals surface area contributed by atoms with Gasteiger partial charge >= 0.3 is 6.03 Å². The van der Waals surface area contributed by atoms with Gasteiger partial charge in [0.25, 0.3) is 0 Å². The van der Waals surface area contributed by atoms with Crippen molar-refractivity contribution in [2.75, 3.05) is 36.4 Å². The number of nitriles is 1. The average molecular weight is 364 g/mol. The fourth-order valence-corrected chi connectivity index (χ4v) is 2.96. The van der Waals surface area contributed by atoms with Crippen LogP contribution in [-0.4, -0.2) is 47.1 Å². The van der Waals surface area contributed by atoms with Crippen molar-refractivity contribution >= 4 is 17.5 Å². The number of piperazine rings is 1. The Hall–Kier alpha value is -3.14. The topological polar surface area (TPSA) is 85.1 Å². The van der Waals surface area contributed by atoms with Crippen molar-refractivity contribution in [2.45, 2.75) is 26.7 Å². The van der Waals surface area contributed by atoms with Crippen LogP contribution in [-0.2, 0) is 0 Å². The van der Waals surface area contributed by atoms with E-state index in [0.717, 1.165) is 30.4 Å². The molecule has 2 heterocycles. The molecule has 2 aromatic rings. The molecule has 1 fully saturated rings. The van der Waals surface area contributed by atoms with Gasteiger partial charge in [0.05, 0.1) is 11.6 Å². The molecule has 0 atom stereocenters. The van der Waals surface area contributed by atoms with E-state index in [1.807, 2.05) is 13.0 Å². The third-order valence-electron chi connectivity index (χ3n) is 4.53. The van der Waals surface area contributed by atoms with Gasteiger partial charge in [0.1, 0.15) is 11.6 Å². The highest BCUT2D eigenvalue weighted by Crippen LogP contribution is 2.19. The lowest BCUT2D eigenvalue weighted by Crippen LogP contribution is -2.50. The Kier molecular flexibility index (Phi) is 5.55. The van der Waals surface area contributed by atoms with E-state index in [1.165, 1.54) is 0 Å². The zero-order chi connectivity index (χ0) is 19.4. The van der Waals surface area contributed by atoms with Gasteiger partial charge in [-0.15, -0.1) is 0 Å². The molecule has 1 saturated heterocycles. The molecule has 0 radical (unpaired) electrons. The third-order valence-corrected chi connectivity index (χ3v) is 4.53. The van der Waals surface area contributed by atoms with Crippen LogP contribution in [0.4, 0.5) is 16.3 Å². The van der Waals surface area contributed by atoms with Crippen molar-refractivity contribution in [3.8, 4) is 6.07 Å². The van der Waals surface area contributed by atoms with Crippen LogP contribution in [0.25, 0.3) is 0 Å². The number of aromatic nitrogens is 2. The van der Waals surface area contributed by atoms with Gasteiger partial charge in [-0.1, -0.05) is 13.8 Å². The van der Waals surface area contributed by atoms with E-state index in [4.69, 9.17) is 5.26 Å². The quantitative estimate of drug-likeness (QED) is 0.904. The molecular formula is C20H24N6O. The molecule has 140 valence electrons. The smallest absolute Gasteiger partial charge is 0.321 e. The molecule has 1 aromatic carbocycles. The average Bonchev–Trinajstić information content (AvgIpc) is 2.68. The maximum atomic E-state index is 12.5. The molecular weight excluding hydrogens is 340 g/mol. The van der Waals surface area contributed by atoms with Crippen molar-refractivity contribution in [2.24, 2.45) is 0 Å². The summed E-state index contributed by atoms with van der Waals surface area (Å²) in [5, 5.41) is 11.7. The monoisotopic (exact) mass is 364 g/mol. The summed E-state index contributed by atoms with van der Waals surface area (Å²) in [5.74, 6) is 2.06. The second kappa shape index (κ2) is 8.04. The normalized spacial score (nSPS) is 14.2. The maximum Gasteiger partial charge on any atom is 0.321 e. The number of carbonyl (C=O) groups excluding carboxylic acids is 1. The lowest BCUT2D eigenvalue weighted by Gasteiger charge is -2.35. The van der Waals surface area contributed by atoms with Crippen molar-refractivity contribution in [3.63, 3.8) is 0 Å². The van der Waals surface area contributed by atoms with E-state index in [1.54, 1.807) is 29.2 Å². The molecule has 2 amide bonds. The summed E-state index contributed by atoms with van der Waals surface area (Å²) in [6, 6.07) is 10.8. The number of hydrogen-bond acceptors (Lipinski definition) is 5. The highest BCUT2D eigenvalue weighted by molar-refractivity contribution is 5.89. The van der Waals surface area contributed by atoms with Gasteiger partial charge in [-0.05, 0) is 31.2 Å². The van der Waals surface area contributed by atoms with E-state index < -0.39 is 0 Å². The number of aryl methyl sites for hydroxylation is 1. The van der Waals surface area contributed by atoms with Crippen molar-refractivity contribution in [3.05, 3.63) is 47.4 Å². The van der Waals surface area contributed by atoms with Crippen molar-refractivity contribution in [1.82, 2.24) is 14.9 Å². The molecule has 0 saturated carbocycles. The molecule has 0 spiro atoms. The van der Waals surface area contributed by atoms with E-state index in [2.05, 4.69) is 40.1 Å². The minimum absolute atomic E-state index is 0.124. The highest BCUT2D eigenvalue weighted by Gasteiger charge is 2.22. The summed E-state index contributed by atoms with van der Waals surface area (Å²) in [5.41, 5.74) is 2.22. The molecule has 3 rings (SSSR count). The first kappa shape index (κ1) is 18.6. The molecule has 7 heteroatoms. The minimum atomic E-state index is -0.124. The fourth-order valence-electron chi connectivity index (χ4n) is 2.96. The molecule has 1 aromatic heterocycles. The van der Waals surface area contributed by atoms with E-state index in [-0.39, 0.29) is 11.9 Å². The van der Waals surface area contributed by atoms with Gasteiger partial charge in [-0.25, -0.2) is 14.8 Å². The Labute approximate surface area is 159 Å². The van der Waals surface area contributed by atoms with Crippen LogP contribution in [0.1, 0.15) is 36.8 Å². The molecule has 0 aliphatic carbocycles. The number of benzene rings is 1. The second-order valence-corrected chi connectivity index (χ2v) is 6.97. The lowest BCUT2D eigenvalue weighted by atomic mass is 10.2. The van der Waals surface area contributed by atoms with E-state index in [9.17, 15) is 4.79 Å². The Morgan fingerprint density at radius 2 is 1.81 bits per heavy atom. The van der Waals surface area contributed by atoms with Crippen LogP contribution in [0.5, 0.6) is 0 Å². The Morgan fingerprint density at radius 1 is 1.15 bits per heavy atom. The Morgan fingerprint density at radius 3 is 2.41 bits per heavy atom. The number of nitrogens with zero attached hydrogens (tertiary/aromatic N) is 5. The molecule has 27 heavy (non-hydrogen) atoms. The molecule has 0 unspecified atom stereocenters. The van der Waals surface area contributed by atoms with Gasteiger partial charge < -0.3 is 15.1 Å². The maximum absolute atomic E-state index is 12.5. The van der Waals surface area contributed by atoms with Crippen LogP contribution in [0.15, 0.2) is 30.3 Å². The Bertz CT molecular complexity index is 848. The fraction of sp³-hybridized carbons (Fsp3) is 0.400. The first-order valence-corrected chi connectivity index (χ1v) is 9.13. The number of rotatable bonds is 3. The predicted molar refractivity (Wildman–Crippen MR) is 105 cm³/mol.